The standard InChI is InChI=1S/C26H24N4O5/c1-33-23-12-9-19(13-24(23)34-2)26(32)28-16-25(31)30-29-15-18-7-10-22(11-8-18)35-17-21-6-4-3-5-20(21)14-27/h3-13,15H,16-17H2,1-2H3,(H,28,32)(H,30,31)/b29-15+. The minimum Gasteiger partial charge on any atom is -0.493 e. The first kappa shape index (κ1) is 24.8. The van der Waals surface area contributed by atoms with Crippen LogP contribution in [-0.4, -0.2) is 38.8 Å². The van der Waals surface area contributed by atoms with Crippen LogP contribution in [0.2, 0.25) is 0 Å². The highest BCUT2D eigenvalue weighted by Crippen LogP contribution is 2.27. The van der Waals surface area contributed by atoms with Crippen molar-refractivity contribution in [2.24, 2.45) is 5.10 Å². The van der Waals surface area contributed by atoms with Crippen LogP contribution in [0.5, 0.6) is 17.2 Å². The number of carbonyl (C=O) groups excluding carboxylic acids is 2. The maximum Gasteiger partial charge on any atom is 0.259 e. The number of benzene rings is 3. The zero-order valence-corrected chi connectivity index (χ0v) is 19.3. The number of hydrazone groups is 1. The molecule has 9 nitrogen and oxygen atoms in total. The van der Waals surface area contributed by atoms with Crippen LogP contribution >= 0.6 is 0 Å². The molecular formula is C26H24N4O5. The Kier molecular flexibility index (Phi) is 8.79. The minimum absolute atomic E-state index is 0.249. The van der Waals surface area contributed by atoms with Gasteiger partial charge in [0, 0.05) is 11.1 Å². The van der Waals surface area contributed by atoms with E-state index in [1.807, 2.05) is 12.1 Å². The molecule has 0 heterocycles. The molecule has 0 bridgehead atoms. The second-order valence-corrected chi connectivity index (χ2v) is 7.17. The number of amides is 2. The average molecular weight is 473 g/mol. The third-order valence-electron chi connectivity index (χ3n) is 4.87. The summed E-state index contributed by atoms with van der Waals surface area (Å²) in [5.41, 5.74) is 4.82. The van der Waals surface area contributed by atoms with Crippen molar-refractivity contribution in [2.75, 3.05) is 20.8 Å². The Hall–Kier alpha value is -4.84. The van der Waals surface area contributed by atoms with Crippen molar-refractivity contribution in [1.29, 1.82) is 5.26 Å². The van der Waals surface area contributed by atoms with Gasteiger partial charge in [0.25, 0.3) is 11.8 Å². The predicted octanol–water partition coefficient (Wildman–Crippen LogP) is 3.03. The van der Waals surface area contributed by atoms with Gasteiger partial charge < -0.3 is 19.5 Å². The summed E-state index contributed by atoms with van der Waals surface area (Å²) in [4.78, 5) is 24.3. The SMILES string of the molecule is COc1ccc(C(=O)NCC(=O)N/N=C/c2ccc(OCc3ccccc3C#N)cc2)cc1OC. The molecule has 0 spiro atoms. The van der Waals surface area contributed by atoms with Crippen molar-refractivity contribution in [3.05, 3.63) is 89.0 Å². The van der Waals surface area contributed by atoms with Crippen molar-refractivity contribution in [2.45, 2.75) is 6.61 Å². The summed E-state index contributed by atoms with van der Waals surface area (Å²) in [6, 6.07) is 21.2. The summed E-state index contributed by atoms with van der Waals surface area (Å²) in [6.45, 7) is 0.0315. The number of rotatable bonds is 10. The number of nitrogens with zero attached hydrogens (tertiary/aromatic N) is 2. The topological polar surface area (TPSA) is 122 Å². The molecule has 2 N–H and O–H groups in total. The molecule has 0 aliphatic carbocycles. The van der Waals surface area contributed by atoms with Crippen LogP contribution in [-0.2, 0) is 11.4 Å². The zero-order chi connectivity index (χ0) is 25.0. The lowest BCUT2D eigenvalue weighted by molar-refractivity contribution is -0.120. The fourth-order valence-corrected chi connectivity index (χ4v) is 3.02. The zero-order valence-electron chi connectivity index (χ0n) is 19.3. The molecule has 0 atom stereocenters. The molecule has 3 rings (SSSR count). The monoisotopic (exact) mass is 472 g/mol. The van der Waals surface area contributed by atoms with E-state index in [2.05, 4.69) is 21.9 Å². The smallest absolute Gasteiger partial charge is 0.259 e. The van der Waals surface area contributed by atoms with Gasteiger partial charge in [-0.15, -0.1) is 0 Å². The van der Waals surface area contributed by atoms with Crippen LogP contribution in [0, 0.1) is 11.3 Å². The van der Waals surface area contributed by atoms with Gasteiger partial charge in [-0.2, -0.15) is 10.4 Å². The van der Waals surface area contributed by atoms with Crippen LogP contribution in [0.15, 0.2) is 71.8 Å². The van der Waals surface area contributed by atoms with Gasteiger partial charge in [0.05, 0.1) is 38.6 Å². The highest BCUT2D eigenvalue weighted by atomic mass is 16.5. The van der Waals surface area contributed by atoms with E-state index in [4.69, 9.17) is 19.5 Å². The number of carbonyl (C=O) groups is 2. The van der Waals surface area contributed by atoms with E-state index in [9.17, 15) is 9.59 Å². The molecule has 3 aromatic carbocycles. The molecule has 0 unspecified atom stereocenters. The lowest BCUT2D eigenvalue weighted by Crippen LogP contribution is -2.34. The van der Waals surface area contributed by atoms with Crippen LogP contribution in [0.1, 0.15) is 27.0 Å². The van der Waals surface area contributed by atoms with Crippen molar-refractivity contribution in [3.8, 4) is 23.3 Å². The molecule has 0 aromatic heterocycles. The quantitative estimate of drug-likeness (QED) is 0.346. The Morgan fingerprint density at radius 3 is 2.46 bits per heavy atom. The number of ether oxygens (including phenoxy) is 3. The van der Waals surface area contributed by atoms with E-state index in [-0.39, 0.29) is 13.2 Å². The molecule has 0 saturated heterocycles. The maximum absolute atomic E-state index is 12.3. The fraction of sp³-hybridized carbons (Fsp3) is 0.154. The molecule has 35 heavy (non-hydrogen) atoms. The summed E-state index contributed by atoms with van der Waals surface area (Å²) in [6.07, 6.45) is 1.48. The van der Waals surface area contributed by atoms with Gasteiger partial charge in [-0.25, -0.2) is 5.43 Å². The summed E-state index contributed by atoms with van der Waals surface area (Å²) < 4.78 is 16.0. The van der Waals surface area contributed by atoms with E-state index in [0.717, 1.165) is 11.1 Å². The Bertz CT molecular complexity index is 1250. The van der Waals surface area contributed by atoms with Crippen LogP contribution < -0.4 is 25.0 Å². The Labute approximate surface area is 202 Å². The van der Waals surface area contributed by atoms with E-state index in [0.29, 0.717) is 28.4 Å². The van der Waals surface area contributed by atoms with Crippen LogP contribution in [0.25, 0.3) is 0 Å². The largest absolute Gasteiger partial charge is 0.493 e. The number of hydrogen-bond acceptors (Lipinski definition) is 7. The molecule has 9 heteroatoms. The van der Waals surface area contributed by atoms with Crippen molar-refractivity contribution < 1.29 is 23.8 Å². The second-order valence-electron chi connectivity index (χ2n) is 7.17. The lowest BCUT2D eigenvalue weighted by atomic mass is 10.1. The van der Waals surface area contributed by atoms with Gasteiger partial charge in [-0.1, -0.05) is 18.2 Å². The first-order valence-electron chi connectivity index (χ1n) is 10.6. The molecular weight excluding hydrogens is 448 g/mol. The number of methoxy groups -OCH3 is 2. The highest BCUT2D eigenvalue weighted by Gasteiger charge is 2.11. The summed E-state index contributed by atoms with van der Waals surface area (Å²) in [7, 11) is 2.98. The molecule has 0 saturated carbocycles. The van der Waals surface area contributed by atoms with E-state index < -0.39 is 11.8 Å². The summed E-state index contributed by atoms with van der Waals surface area (Å²) in [5, 5.41) is 15.6. The molecule has 0 fully saturated rings. The summed E-state index contributed by atoms with van der Waals surface area (Å²) in [5.74, 6) is 0.638. The van der Waals surface area contributed by atoms with Gasteiger partial charge in [0.2, 0.25) is 0 Å². The number of hydrogen-bond donors (Lipinski definition) is 2. The van der Waals surface area contributed by atoms with Crippen LogP contribution in [0.3, 0.4) is 0 Å². The Balaban J connectivity index is 1.45. The Morgan fingerprint density at radius 1 is 1.00 bits per heavy atom. The first-order chi connectivity index (χ1) is 17.0. The van der Waals surface area contributed by atoms with Gasteiger partial charge in [-0.05, 0) is 54.1 Å². The number of nitrogens with one attached hydrogen (secondary N) is 2. The molecule has 2 amide bonds. The van der Waals surface area contributed by atoms with Gasteiger partial charge in [0.1, 0.15) is 12.4 Å². The normalized spacial score (nSPS) is 10.3. The van der Waals surface area contributed by atoms with Gasteiger partial charge in [-0.3, -0.25) is 9.59 Å². The minimum atomic E-state index is -0.480. The molecule has 0 aliphatic rings. The second kappa shape index (κ2) is 12.4. The third kappa shape index (κ3) is 7.07. The van der Waals surface area contributed by atoms with E-state index in [1.54, 1.807) is 48.5 Å². The lowest BCUT2D eigenvalue weighted by Gasteiger charge is -2.09. The molecule has 0 radical (unpaired) electrons. The Morgan fingerprint density at radius 2 is 1.74 bits per heavy atom. The molecule has 0 aliphatic heterocycles. The van der Waals surface area contributed by atoms with E-state index in [1.165, 1.54) is 26.5 Å². The first-order valence-corrected chi connectivity index (χ1v) is 10.6. The predicted molar refractivity (Wildman–Crippen MR) is 130 cm³/mol. The van der Waals surface area contributed by atoms with Crippen molar-refractivity contribution in [3.63, 3.8) is 0 Å². The highest BCUT2D eigenvalue weighted by molar-refractivity contribution is 5.97. The summed E-state index contributed by atoms with van der Waals surface area (Å²) >= 11 is 0. The molecule has 178 valence electrons. The molecule has 3 aromatic rings. The van der Waals surface area contributed by atoms with Gasteiger partial charge >= 0.3 is 0 Å². The van der Waals surface area contributed by atoms with Crippen molar-refractivity contribution in [1.82, 2.24) is 10.7 Å². The van der Waals surface area contributed by atoms with E-state index >= 15 is 0 Å². The maximum atomic E-state index is 12.3. The van der Waals surface area contributed by atoms with Crippen molar-refractivity contribution >= 4 is 18.0 Å². The number of nitriles is 1. The fourth-order valence-electron chi connectivity index (χ4n) is 3.02. The van der Waals surface area contributed by atoms with Crippen LogP contribution in [0.4, 0.5) is 0 Å². The third-order valence-corrected chi connectivity index (χ3v) is 4.87. The average Bonchev–Trinajstić information content (AvgIpc) is 2.90. The van der Waals surface area contributed by atoms with Gasteiger partial charge in [0.15, 0.2) is 11.5 Å².